The third-order valence-electron chi connectivity index (χ3n) is 3.53. The van der Waals surface area contributed by atoms with Crippen molar-refractivity contribution in [2.75, 3.05) is 6.54 Å². The number of rotatable bonds is 4. The number of hydrogen-bond donors (Lipinski definition) is 2. The second-order valence-electron chi connectivity index (χ2n) is 4.89. The van der Waals surface area contributed by atoms with Gasteiger partial charge < -0.3 is 11.1 Å². The first-order chi connectivity index (χ1) is 6.74. The summed E-state index contributed by atoms with van der Waals surface area (Å²) in [6.07, 6.45) is 7.76. The molecule has 0 aromatic carbocycles. The smallest absolute Gasteiger partial charge is 0.220 e. The van der Waals surface area contributed by atoms with Crippen LogP contribution in [0.2, 0.25) is 0 Å². The van der Waals surface area contributed by atoms with Gasteiger partial charge in [-0.1, -0.05) is 12.8 Å². The Morgan fingerprint density at radius 2 is 2.00 bits per heavy atom. The fourth-order valence-corrected chi connectivity index (χ4v) is 2.36. The summed E-state index contributed by atoms with van der Waals surface area (Å²) in [5.41, 5.74) is 5.70. The van der Waals surface area contributed by atoms with Crippen LogP contribution in [-0.4, -0.2) is 18.0 Å². The van der Waals surface area contributed by atoms with Crippen LogP contribution in [0.1, 0.15) is 44.9 Å². The Labute approximate surface area is 85.4 Å². The standard InChI is InChI=1S/C11H20N2O/c12-8-11(5-1-2-6-11)13-10(14)7-9-3-4-9/h9H,1-8,12H2,(H,13,14). The van der Waals surface area contributed by atoms with Crippen molar-refractivity contribution < 1.29 is 4.79 Å². The lowest BCUT2D eigenvalue weighted by Gasteiger charge is -2.28. The maximum absolute atomic E-state index is 11.6. The molecule has 0 bridgehead atoms. The molecule has 0 aromatic rings. The van der Waals surface area contributed by atoms with Gasteiger partial charge in [-0.15, -0.1) is 0 Å². The van der Waals surface area contributed by atoms with Crippen molar-refractivity contribution in [1.82, 2.24) is 5.32 Å². The van der Waals surface area contributed by atoms with E-state index in [2.05, 4.69) is 5.32 Å². The zero-order chi connectivity index (χ0) is 10.0. The van der Waals surface area contributed by atoms with Crippen LogP contribution in [0.4, 0.5) is 0 Å². The molecular formula is C11H20N2O. The summed E-state index contributed by atoms with van der Waals surface area (Å²) in [4.78, 5) is 11.6. The van der Waals surface area contributed by atoms with Gasteiger partial charge in [0.25, 0.3) is 0 Å². The summed E-state index contributed by atoms with van der Waals surface area (Å²) in [6, 6.07) is 0. The molecule has 2 saturated carbocycles. The third kappa shape index (κ3) is 2.27. The average molecular weight is 196 g/mol. The van der Waals surface area contributed by atoms with Gasteiger partial charge in [0.1, 0.15) is 0 Å². The van der Waals surface area contributed by atoms with Crippen molar-refractivity contribution >= 4 is 5.91 Å². The molecule has 2 rings (SSSR count). The molecule has 0 aromatic heterocycles. The fraction of sp³-hybridized carbons (Fsp3) is 0.909. The minimum atomic E-state index is -0.0496. The number of carbonyl (C=O) groups excluding carboxylic acids is 1. The van der Waals surface area contributed by atoms with Gasteiger partial charge in [0, 0.05) is 13.0 Å². The normalized spacial score (nSPS) is 24.9. The summed E-state index contributed by atoms with van der Waals surface area (Å²) in [5.74, 6) is 0.895. The highest BCUT2D eigenvalue weighted by Crippen LogP contribution is 2.33. The van der Waals surface area contributed by atoms with Gasteiger partial charge >= 0.3 is 0 Å². The monoisotopic (exact) mass is 196 g/mol. The predicted molar refractivity (Wildman–Crippen MR) is 55.7 cm³/mol. The van der Waals surface area contributed by atoms with Gasteiger partial charge in [0.2, 0.25) is 5.91 Å². The molecule has 3 heteroatoms. The first-order valence-electron chi connectivity index (χ1n) is 5.75. The lowest BCUT2D eigenvalue weighted by Crippen LogP contribution is -2.51. The number of nitrogens with two attached hydrogens (primary N) is 1. The molecule has 80 valence electrons. The quantitative estimate of drug-likeness (QED) is 0.709. The first-order valence-corrected chi connectivity index (χ1v) is 5.75. The van der Waals surface area contributed by atoms with Crippen LogP contribution in [0.25, 0.3) is 0 Å². The molecule has 2 aliphatic carbocycles. The highest BCUT2D eigenvalue weighted by molar-refractivity contribution is 5.77. The third-order valence-corrected chi connectivity index (χ3v) is 3.53. The summed E-state index contributed by atoms with van der Waals surface area (Å²) >= 11 is 0. The van der Waals surface area contributed by atoms with E-state index in [1.165, 1.54) is 25.7 Å². The molecule has 0 atom stereocenters. The zero-order valence-corrected chi connectivity index (χ0v) is 8.72. The van der Waals surface area contributed by atoms with Crippen LogP contribution in [-0.2, 0) is 4.79 Å². The molecule has 14 heavy (non-hydrogen) atoms. The van der Waals surface area contributed by atoms with Crippen molar-refractivity contribution in [3.8, 4) is 0 Å². The second kappa shape index (κ2) is 3.89. The van der Waals surface area contributed by atoms with E-state index in [4.69, 9.17) is 5.73 Å². The highest BCUT2D eigenvalue weighted by atomic mass is 16.1. The maximum atomic E-state index is 11.6. The van der Waals surface area contributed by atoms with E-state index in [0.717, 1.165) is 19.3 Å². The van der Waals surface area contributed by atoms with Crippen LogP contribution in [0.5, 0.6) is 0 Å². The summed E-state index contributed by atoms with van der Waals surface area (Å²) in [5, 5.41) is 3.15. The highest BCUT2D eigenvalue weighted by Gasteiger charge is 2.35. The summed E-state index contributed by atoms with van der Waals surface area (Å²) in [7, 11) is 0. The van der Waals surface area contributed by atoms with Crippen LogP contribution < -0.4 is 11.1 Å². The van der Waals surface area contributed by atoms with Gasteiger partial charge in [-0.2, -0.15) is 0 Å². The van der Waals surface area contributed by atoms with E-state index < -0.39 is 0 Å². The van der Waals surface area contributed by atoms with Crippen molar-refractivity contribution in [2.24, 2.45) is 11.7 Å². The molecule has 2 fully saturated rings. The Bertz CT molecular complexity index is 217. The molecule has 0 unspecified atom stereocenters. The summed E-state index contributed by atoms with van der Waals surface area (Å²) in [6.45, 7) is 0.601. The van der Waals surface area contributed by atoms with E-state index in [-0.39, 0.29) is 11.4 Å². The van der Waals surface area contributed by atoms with Crippen LogP contribution in [0.15, 0.2) is 0 Å². The van der Waals surface area contributed by atoms with E-state index in [1.807, 2.05) is 0 Å². The topological polar surface area (TPSA) is 55.1 Å². The molecule has 3 N–H and O–H groups in total. The van der Waals surface area contributed by atoms with Gasteiger partial charge in [-0.05, 0) is 31.6 Å². The number of amides is 1. The Balaban J connectivity index is 1.83. The number of carbonyl (C=O) groups is 1. The van der Waals surface area contributed by atoms with Crippen molar-refractivity contribution in [3.63, 3.8) is 0 Å². The zero-order valence-electron chi connectivity index (χ0n) is 8.72. The van der Waals surface area contributed by atoms with E-state index in [9.17, 15) is 4.79 Å². The van der Waals surface area contributed by atoms with Gasteiger partial charge in [0.15, 0.2) is 0 Å². The Morgan fingerprint density at radius 3 is 2.50 bits per heavy atom. The van der Waals surface area contributed by atoms with Crippen LogP contribution >= 0.6 is 0 Å². The van der Waals surface area contributed by atoms with Gasteiger partial charge in [0.05, 0.1) is 5.54 Å². The van der Waals surface area contributed by atoms with E-state index >= 15 is 0 Å². The SMILES string of the molecule is NCC1(NC(=O)CC2CC2)CCCC1. The van der Waals surface area contributed by atoms with Crippen LogP contribution in [0, 0.1) is 5.92 Å². The fourth-order valence-electron chi connectivity index (χ4n) is 2.36. The molecular weight excluding hydrogens is 176 g/mol. The molecule has 0 radical (unpaired) electrons. The number of nitrogens with one attached hydrogen (secondary N) is 1. The molecule has 2 aliphatic rings. The molecule has 0 spiro atoms. The van der Waals surface area contributed by atoms with E-state index in [0.29, 0.717) is 12.5 Å². The van der Waals surface area contributed by atoms with Crippen LogP contribution in [0.3, 0.4) is 0 Å². The molecule has 1 amide bonds. The van der Waals surface area contributed by atoms with Crippen molar-refractivity contribution in [1.29, 1.82) is 0 Å². The second-order valence-corrected chi connectivity index (χ2v) is 4.89. The first kappa shape index (κ1) is 9.97. The van der Waals surface area contributed by atoms with E-state index in [1.54, 1.807) is 0 Å². The molecule has 0 heterocycles. The Hall–Kier alpha value is -0.570. The lowest BCUT2D eigenvalue weighted by molar-refractivity contribution is -0.123. The minimum absolute atomic E-state index is 0.0496. The molecule has 0 saturated heterocycles. The van der Waals surface area contributed by atoms with Crippen molar-refractivity contribution in [3.05, 3.63) is 0 Å². The average Bonchev–Trinajstić information content (AvgIpc) is 2.83. The number of hydrogen-bond acceptors (Lipinski definition) is 2. The Morgan fingerprint density at radius 1 is 1.36 bits per heavy atom. The molecule has 3 nitrogen and oxygen atoms in total. The van der Waals surface area contributed by atoms with Crippen molar-refractivity contribution in [2.45, 2.75) is 50.5 Å². The summed E-state index contributed by atoms with van der Waals surface area (Å²) < 4.78 is 0. The van der Waals surface area contributed by atoms with Gasteiger partial charge in [-0.25, -0.2) is 0 Å². The molecule has 0 aliphatic heterocycles. The Kier molecular flexibility index (Phi) is 2.77. The predicted octanol–water partition coefficient (Wildman–Crippen LogP) is 1.17. The maximum Gasteiger partial charge on any atom is 0.220 e. The largest absolute Gasteiger partial charge is 0.349 e. The van der Waals surface area contributed by atoms with Gasteiger partial charge in [-0.3, -0.25) is 4.79 Å². The minimum Gasteiger partial charge on any atom is -0.349 e. The lowest BCUT2D eigenvalue weighted by atomic mass is 9.97.